The lowest BCUT2D eigenvalue weighted by atomic mass is 10.1. The van der Waals surface area contributed by atoms with Crippen molar-refractivity contribution >= 4 is 12.0 Å². The van der Waals surface area contributed by atoms with Crippen molar-refractivity contribution in [2.75, 3.05) is 26.4 Å². The maximum Gasteiger partial charge on any atom is 0.335 e. The van der Waals surface area contributed by atoms with Crippen LogP contribution in [0.5, 0.6) is 11.5 Å². The molecule has 1 unspecified atom stereocenters. The Labute approximate surface area is 178 Å². The number of carbonyl (C=O) groups excluding carboxylic acids is 1. The van der Waals surface area contributed by atoms with E-state index >= 15 is 0 Å². The summed E-state index contributed by atoms with van der Waals surface area (Å²) in [6, 6.07) is 15.5. The SMILES string of the molecule is C=CCOc1ccc(C=CCOc2ccc(CC(OCC)C(=O)OCC)cc2)cc1. The van der Waals surface area contributed by atoms with Crippen molar-refractivity contribution in [3.8, 4) is 11.5 Å². The second-order valence-corrected chi connectivity index (χ2v) is 6.43. The minimum absolute atomic E-state index is 0.329. The molecule has 2 aromatic rings. The normalized spacial score (nSPS) is 11.8. The highest BCUT2D eigenvalue weighted by molar-refractivity contribution is 5.75. The van der Waals surface area contributed by atoms with Crippen LogP contribution in [0.2, 0.25) is 0 Å². The van der Waals surface area contributed by atoms with E-state index in [9.17, 15) is 4.79 Å². The van der Waals surface area contributed by atoms with Crippen LogP contribution in [0.1, 0.15) is 25.0 Å². The summed E-state index contributed by atoms with van der Waals surface area (Å²) < 4.78 is 21.8. The van der Waals surface area contributed by atoms with Gasteiger partial charge in [-0.05, 0) is 55.3 Å². The Balaban J connectivity index is 1.81. The lowest BCUT2D eigenvalue weighted by Gasteiger charge is -2.15. The molecule has 0 N–H and O–H groups in total. The van der Waals surface area contributed by atoms with E-state index in [1.54, 1.807) is 13.0 Å². The maximum atomic E-state index is 12.0. The molecule has 0 fully saturated rings. The molecular weight excluding hydrogens is 380 g/mol. The molecule has 0 aliphatic carbocycles. The molecule has 0 bridgehead atoms. The number of hydrogen-bond acceptors (Lipinski definition) is 5. The lowest BCUT2D eigenvalue weighted by Crippen LogP contribution is -2.28. The predicted molar refractivity (Wildman–Crippen MR) is 119 cm³/mol. The highest BCUT2D eigenvalue weighted by Crippen LogP contribution is 2.16. The van der Waals surface area contributed by atoms with E-state index in [2.05, 4.69) is 6.58 Å². The zero-order chi connectivity index (χ0) is 21.6. The number of ether oxygens (including phenoxy) is 4. The zero-order valence-electron chi connectivity index (χ0n) is 17.7. The molecule has 2 aromatic carbocycles. The first kappa shape index (κ1) is 23.2. The molecule has 0 saturated carbocycles. The van der Waals surface area contributed by atoms with Gasteiger partial charge in [0.1, 0.15) is 24.7 Å². The van der Waals surface area contributed by atoms with E-state index in [4.69, 9.17) is 18.9 Å². The van der Waals surface area contributed by atoms with Crippen molar-refractivity contribution in [1.82, 2.24) is 0 Å². The van der Waals surface area contributed by atoms with Gasteiger partial charge in [0.15, 0.2) is 6.10 Å². The first-order valence-electron chi connectivity index (χ1n) is 10.2. The van der Waals surface area contributed by atoms with Crippen LogP contribution in [-0.4, -0.2) is 38.5 Å². The first-order chi connectivity index (χ1) is 14.7. The summed E-state index contributed by atoms with van der Waals surface area (Å²) in [5.41, 5.74) is 2.06. The largest absolute Gasteiger partial charge is 0.490 e. The van der Waals surface area contributed by atoms with Crippen LogP contribution < -0.4 is 9.47 Å². The van der Waals surface area contributed by atoms with E-state index in [1.807, 2.05) is 67.6 Å². The molecule has 0 amide bonds. The quantitative estimate of drug-likeness (QED) is 0.349. The molecular formula is C25H30O5. The molecule has 0 aliphatic heterocycles. The van der Waals surface area contributed by atoms with Gasteiger partial charge in [0.2, 0.25) is 0 Å². The molecule has 5 heteroatoms. The molecule has 1 atom stereocenters. The van der Waals surface area contributed by atoms with Crippen LogP contribution in [0, 0.1) is 0 Å². The number of rotatable bonds is 13. The van der Waals surface area contributed by atoms with Crippen molar-refractivity contribution in [1.29, 1.82) is 0 Å². The summed E-state index contributed by atoms with van der Waals surface area (Å²) in [5, 5.41) is 0. The smallest absolute Gasteiger partial charge is 0.335 e. The van der Waals surface area contributed by atoms with E-state index < -0.39 is 6.10 Å². The summed E-state index contributed by atoms with van der Waals surface area (Å²) >= 11 is 0. The zero-order valence-corrected chi connectivity index (χ0v) is 17.7. The Morgan fingerprint density at radius 2 is 1.57 bits per heavy atom. The molecule has 2 rings (SSSR count). The molecule has 5 nitrogen and oxygen atoms in total. The van der Waals surface area contributed by atoms with E-state index in [-0.39, 0.29) is 5.97 Å². The number of esters is 1. The summed E-state index contributed by atoms with van der Waals surface area (Å²) in [6.45, 7) is 9.04. The van der Waals surface area contributed by atoms with Gasteiger partial charge in [0.25, 0.3) is 0 Å². The Kier molecular flexibility index (Phi) is 10.2. The fourth-order valence-corrected chi connectivity index (χ4v) is 2.74. The van der Waals surface area contributed by atoms with Gasteiger partial charge in [-0.2, -0.15) is 0 Å². The van der Waals surface area contributed by atoms with Crippen molar-refractivity contribution < 1.29 is 23.7 Å². The summed E-state index contributed by atoms with van der Waals surface area (Å²) in [4.78, 5) is 12.0. The van der Waals surface area contributed by atoms with E-state index in [0.29, 0.717) is 32.8 Å². The fourth-order valence-electron chi connectivity index (χ4n) is 2.74. The molecule has 0 radical (unpaired) electrons. The third-order valence-electron chi connectivity index (χ3n) is 4.17. The number of hydrogen-bond donors (Lipinski definition) is 0. The van der Waals surface area contributed by atoms with Gasteiger partial charge in [-0.3, -0.25) is 0 Å². The second-order valence-electron chi connectivity index (χ2n) is 6.43. The van der Waals surface area contributed by atoms with Crippen LogP contribution in [0.15, 0.2) is 67.3 Å². The van der Waals surface area contributed by atoms with Gasteiger partial charge < -0.3 is 18.9 Å². The van der Waals surface area contributed by atoms with Crippen molar-refractivity contribution in [2.24, 2.45) is 0 Å². The van der Waals surface area contributed by atoms with Crippen LogP contribution in [0.4, 0.5) is 0 Å². The highest BCUT2D eigenvalue weighted by atomic mass is 16.6. The summed E-state index contributed by atoms with van der Waals surface area (Å²) in [7, 11) is 0. The molecule has 0 heterocycles. The van der Waals surface area contributed by atoms with E-state index in [0.717, 1.165) is 22.6 Å². The minimum atomic E-state index is -0.585. The van der Waals surface area contributed by atoms with Crippen molar-refractivity contribution in [2.45, 2.75) is 26.4 Å². The molecule has 30 heavy (non-hydrogen) atoms. The topological polar surface area (TPSA) is 54.0 Å². The third kappa shape index (κ3) is 8.13. The molecule has 160 valence electrons. The minimum Gasteiger partial charge on any atom is -0.490 e. The van der Waals surface area contributed by atoms with Crippen LogP contribution in [0.25, 0.3) is 6.08 Å². The van der Waals surface area contributed by atoms with Crippen LogP contribution >= 0.6 is 0 Å². The fraction of sp³-hybridized carbons (Fsp3) is 0.320. The molecule has 0 saturated heterocycles. The Morgan fingerprint density at radius 3 is 2.17 bits per heavy atom. The average Bonchev–Trinajstić information content (AvgIpc) is 2.77. The van der Waals surface area contributed by atoms with Crippen LogP contribution in [-0.2, 0) is 20.7 Å². The van der Waals surface area contributed by atoms with Crippen molar-refractivity contribution in [3.05, 3.63) is 78.4 Å². The average molecular weight is 411 g/mol. The standard InChI is InChI=1S/C25H30O5/c1-4-17-29-22-13-9-20(10-14-22)8-7-18-30-23-15-11-21(12-16-23)19-24(27-5-2)25(26)28-6-3/h4,7-16,24H,1,5-6,17-19H2,2-3H3. The van der Waals surface area contributed by atoms with Gasteiger partial charge >= 0.3 is 5.97 Å². The van der Waals surface area contributed by atoms with Crippen molar-refractivity contribution in [3.63, 3.8) is 0 Å². The Hall–Kier alpha value is -3.05. The monoisotopic (exact) mass is 410 g/mol. The van der Waals surface area contributed by atoms with E-state index in [1.165, 1.54) is 0 Å². The molecule has 0 spiro atoms. The molecule has 0 aliphatic rings. The maximum absolute atomic E-state index is 12.0. The van der Waals surface area contributed by atoms with Crippen LogP contribution in [0.3, 0.4) is 0 Å². The second kappa shape index (κ2) is 13.2. The Morgan fingerprint density at radius 1 is 0.933 bits per heavy atom. The summed E-state index contributed by atoms with van der Waals surface area (Å²) in [5.74, 6) is 1.25. The van der Waals surface area contributed by atoms with Gasteiger partial charge in [-0.25, -0.2) is 4.79 Å². The van der Waals surface area contributed by atoms with Gasteiger partial charge in [-0.15, -0.1) is 0 Å². The lowest BCUT2D eigenvalue weighted by molar-refractivity contribution is -0.156. The first-order valence-corrected chi connectivity index (χ1v) is 10.2. The predicted octanol–water partition coefficient (Wildman–Crippen LogP) is 4.85. The number of carbonyl (C=O) groups is 1. The summed E-state index contributed by atoms with van der Waals surface area (Å²) in [6.07, 6.45) is 5.56. The third-order valence-corrected chi connectivity index (χ3v) is 4.17. The van der Waals surface area contributed by atoms with Gasteiger partial charge in [0.05, 0.1) is 6.61 Å². The highest BCUT2D eigenvalue weighted by Gasteiger charge is 2.20. The van der Waals surface area contributed by atoms with Gasteiger partial charge in [-0.1, -0.05) is 43.0 Å². The molecule has 0 aromatic heterocycles. The number of benzene rings is 2. The Bertz CT molecular complexity index is 793. The van der Waals surface area contributed by atoms with Gasteiger partial charge in [0, 0.05) is 13.0 Å².